The van der Waals surface area contributed by atoms with E-state index in [4.69, 9.17) is 23.7 Å². The van der Waals surface area contributed by atoms with Gasteiger partial charge in [-0.05, 0) is 72.3 Å². The fourth-order valence-corrected chi connectivity index (χ4v) is 6.92. The van der Waals surface area contributed by atoms with Crippen LogP contribution in [-0.4, -0.2) is 87.6 Å². The molecule has 4 atom stereocenters. The first kappa shape index (κ1) is 28.1. The second-order valence-electron chi connectivity index (χ2n) is 11.7. The van der Waals surface area contributed by atoms with Crippen LogP contribution >= 0.6 is 0 Å². The summed E-state index contributed by atoms with van der Waals surface area (Å²) < 4.78 is 28.1. The maximum Gasteiger partial charge on any atom is 0.310 e. The van der Waals surface area contributed by atoms with E-state index in [-0.39, 0.29) is 54.5 Å². The number of nitrogens with zero attached hydrogens (tertiary/aromatic N) is 2. The molecule has 3 aromatic carbocycles. The van der Waals surface area contributed by atoms with Crippen LogP contribution in [0.2, 0.25) is 0 Å². The van der Waals surface area contributed by atoms with Gasteiger partial charge in [-0.15, -0.1) is 0 Å². The molecule has 3 aromatic rings. The number of carbonyl (C=O) groups is 2. The van der Waals surface area contributed by atoms with Crippen molar-refractivity contribution in [3.8, 4) is 28.7 Å². The summed E-state index contributed by atoms with van der Waals surface area (Å²) in [5.74, 6) is 0.160. The number of benzene rings is 3. The first-order valence-corrected chi connectivity index (χ1v) is 14.8. The number of hydrogen-bond donors (Lipinski definition) is 2. The zero-order valence-electron chi connectivity index (χ0n) is 24.9. The zero-order valence-corrected chi connectivity index (χ0v) is 24.9. The second kappa shape index (κ2) is 11.1. The van der Waals surface area contributed by atoms with E-state index in [1.54, 1.807) is 12.1 Å². The van der Waals surface area contributed by atoms with Gasteiger partial charge in [0.05, 0.1) is 32.8 Å². The SMILES string of the molecule is COc1cc([C@@H]2c3cc4c(cc3[C@@H](Nc3ccc(C(=O)N5CCN(C)CC5)cc3)[C@H]3COC(=O)[C@H]23)OCO4)cc(OC)c1O. The lowest BCUT2D eigenvalue weighted by atomic mass is 9.65. The number of methoxy groups -OCH3 is 2. The fourth-order valence-electron chi connectivity index (χ4n) is 6.92. The molecule has 230 valence electrons. The number of cyclic esters (lactones) is 1. The maximum absolute atomic E-state index is 13.4. The Hall–Kier alpha value is -4.64. The highest BCUT2D eigenvalue weighted by atomic mass is 16.7. The van der Waals surface area contributed by atoms with Crippen molar-refractivity contribution < 1.29 is 38.4 Å². The van der Waals surface area contributed by atoms with Crippen LogP contribution in [0.15, 0.2) is 48.5 Å². The molecule has 0 aromatic heterocycles. The van der Waals surface area contributed by atoms with Crippen molar-refractivity contribution in [3.05, 3.63) is 70.8 Å². The van der Waals surface area contributed by atoms with Crippen molar-refractivity contribution in [2.24, 2.45) is 11.8 Å². The Morgan fingerprint density at radius 2 is 1.55 bits per heavy atom. The Morgan fingerprint density at radius 3 is 2.18 bits per heavy atom. The van der Waals surface area contributed by atoms with Gasteiger partial charge in [-0.2, -0.15) is 0 Å². The molecule has 1 aliphatic carbocycles. The molecule has 0 bridgehead atoms. The summed E-state index contributed by atoms with van der Waals surface area (Å²) in [4.78, 5) is 30.7. The van der Waals surface area contributed by atoms with Gasteiger partial charge in [0.15, 0.2) is 23.0 Å². The fraction of sp³-hybridized carbons (Fsp3) is 0.394. The van der Waals surface area contributed by atoms with Crippen molar-refractivity contribution in [2.45, 2.75) is 12.0 Å². The van der Waals surface area contributed by atoms with E-state index in [2.05, 4.69) is 17.3 Å². The summed E-state index contributed by atoms with van der Waals surface area (Å²) in [7, 11) is 5.01. The van der Waals surface area contributed by atoms with Crippen molar-refractivity contribution in [1.82, 2.24) is 9.80 Å². The molecule has 11 nitrogen and oxygen atoms in total. The van der Waals surface area contributed by atoms with Gasteiger partial charge in [0, 0.05) is 49.3 Å². The molecule has 3 heterocycles. The lowest BCUT2D eigenvalue weighted by molar-refractivity contribution is -0.141. The summed E-state index contributed by atoms with van der Waals surface area (Å²) in [6.07, 6.45) is 0. The number of likely N-dealkylation sites (N-methyl/N-ethyl adjacent to an activating group) is 1. The number of nitrogens with one attached hydrogen (secondary N) is 1. The molecule has 4 aliphatic rings. The van der Waals surface area contributed by atoms with Gasteiger partial charge in [-0.3, -0.25) is 9.59 Å². The predicted molar refractivity (Wildman–Crippen MR) is 160 cm³/mol. The first-order valence-electron chi connectivity index (χ1n) is 14.8. The Labute approximate surface area is 255 Å². The number of carbonyl (C=O) groups excluding carboxylic acids is 2. The maximum atomic E-state index is 13.4. The lowest BCUT2D eigenvalue weighted by Gasteiger charge is -2.40. The molecule has 3 aliphatic heterocycles. The minimum absolute atomic E-state index is 0.0258. The zero-order chi connectivity index (χ0) is 30.5. The van der Waals surface area contributed by atoms with Gasteiger partial charge in [0.2, 0.25) is 12.5 Å². The number of aromatic hydroxyl groups is 1. The second-order valence-corrected chi connectivity index (χ2v) is 11.7. The third-order valence-electron chi connectivity index (χ3n) is 9.29. The van der Waals surface area contributed by atoms with E-state index in [9.17, 15) is 14.7 Å². The number of phenols is 1. The van der Waals surface area contributed by atoms with Crippen molar-refractivity contribution in [3.63, 3.8) is 0 Å². The first-order chi connectivity index (χ1) is 21.4. The van der Waals surface area contributed by atoms with E-state index in [1.807, 2.05) is 41.3 Å². The van der Waals surface area contributed by atoms with Crippen LogP contribution in [0, 0.1) is 11.8 Å². The number of ether oxygens (including phenoxy) is 5. The van der Waals surface area contributed by atoms with Crippen LogP contribution in [0.5, 0.6) is 28.7 Å². The number of hydrogen-bond acceptors (Lipinski definition) is 10. The number of esters is 1. The third-order valence-corrected chi connectivity index (χ3v) is 9.29. The Kier molecular flexibility index (Phi) is 7.12. The highest BCUT2D eigenvalue weighted by Crippen LogP contribution is 2.56. The van der Waals surface area contributed by atoms with E-state index in [0.29, 0.717) is 30.2 Å². The molecule has 0 spiro atoms. The summed E-state index contributed by atoms with van der Waals surface area (Å²) in [6.45, 7) is 3.48. The van der Waals surface area contributed by atoms with Gasteiger partial charge in [-0.1, -0.05) is 0 Å². The highest BCUT2D eigenvalue weighted by molar-refractivity contribution is 5.94. The van der Waals surface area contributed by atoms with Crippen molar-refractivity contribution in [2.75, 3.05) is 66.2 Å². The summed E-state index contributed by atoms with van der Waals surface area (Å²) in [5, 5.41) is 14.3. The number of phenolic OH excluding ortho intramolecular Hbond substituents is 1. The number of anilines is 1. The number of amides is 1. The largest absolute Gasteiger partial charge is 0.502 e. The van der Waals surface area contributed by atoms with E-state index in [0.717, 1.165) is 35.5 Å². The number of fused-ring (bicyclic) bond motifs is 3. The average molecular weight is 602 g/mol. The number of piperazine rings is 1. The van der Waals surface area contributed by atoms with Crippen LogP contribution in [0.4, 0.5) is 5.69 Å². The summed E-state index contributed by atoms with van der Waals surface area (Å²) in [5.41, 5.74) is 4.03. The van der Waals surface area contributed by atoms with Gasteiger partial charge in [0.25, 0.3) is 5.91 Å². The molecule has 44 heavy (non-hydrogen) atoms. The number of rotatable bonds is 6. The standard InChI is InChI=1S/C33H35N3O8/c1-35-8-10-36(11-9-35)32(38)18-4-6-20(7-5-18)34-30-22-15-25-24(43-17-44-25)14-21(22)28(29-23(30)16-42-33(29)39)19-12-26(40-2)31(37)27(13-19)41-3/h4-7,12-15,23,28-30,34,37H,8-11,16-17H2,1-3H3/t23-,28+,29-,30+/m0/s1. The van der Waals surface area contributed by atoms with Crippen LogP contribution in [0.25, 0.3) is 0 Å². The highest BCUT2D eigenvalue weighted by Gasteiger charge is 2.52. The molecule has 1 amide bonds. The van der Waals surface area contributed by atoms with Gasteiger partial charge in [-0.25, -0.2) is 0 Å². The quantitative estimate of drug-likeness (QED) is 0.406. The van der Waals surface area contributed by atoms with E-state index in [1.165, 1.54) is 14.2 Å². The predicted octanol–water partition coefficient (Wildman–Crippen LogP) is 3.61. The molecular formula is C33H35N3O8. The smallest absolute Gasteiger partial charge is 0.310 e. The average Bonchev–Trinajstić information content (AvgIpc) is 3.67. The Morgan fingerprint density at radius 1 is 0.909 bits per heavy atom. The molecular weight excluding hydrogens is 566 g/mol. The summed E-state index contributed by atoms with van der Waals surface area (Å²) in [6, 6.07) is 14.6. The van der Waals surface area contributed by atoms with E-state index < -0.39 is 11.8 Å². The van der Waals surface area contributed by atoms with E-state index >= 15 is 0 Å². The molecule has 11 heteroatoms. The Bertz CT molecular complexity index is 1580. The minimum Gasteiger partial charge on any atom is -0.502 e. The Balaban J connectivity index is 1.26. The van der Waals surface area contributed by atoms with Gasteiger partial charge >= 0.3 is 5.97 Å². The molecule has 7 rings (SSSR count). The third kappa shape index (κ3) is 4.71. The van der Waals surface area contributed by atoms with Crippen LogP contribution in [0.3, 0.4) is 0 Å². The molecule has 0 unspecified atom stereocenters. The summed E-state index contributed by atoms with van der Waals surface area (Å²) >= 11 is 0. The monoisotopic (exact) mass is 601 g/mol. The van der Waals surface area contributed by atoms with Crippen LogP contribution < -0.4 is 24.3 Å². The minimum atomic E-state index is -0.530. The van der Waals surface area contributed by atoms with Crippen LogP contribution in [-0.2, 0) is 9.53 Å². The topological polar surface area (TPSA) is 119 Å². The lowest BCUT2D eigenvalue weighted by Crippen LogP contribution is -2.47. The molecule has 2 fully saturated rings. The molecule has 0 saturated carbocycles. The molecule has 2 saturated heterocycles. The van der Waals surface area contributed by atoms with Crippen molar-refractivity contribution in [1.29, 1.82) is 0 Å². The van der Waals surface area contributed by atoms with Crippen molar-refractivity contribution >= 4 is 17.6 Å². The van der Waals surface area contributed by atoms with Gasteiger partial charge < -0.3 is 43.9 Å². The van der Waals surface area contributed by atoms with Gasteiger partial charge in [0.1, 0.15) is 0 Å². The molecule has 0 radical (unpaired) electrons. The normalized spacial score (nSPS) is 23.9. The molecule has 2 N–H and O–H groups in total. The van der Waals surface area contributed by atoms with Crippen LogP contribution in [0.1, 0.15) is 39.0 Å².